The number of Topliss-reactive ketones (excluding diaryl/α,β-unsaturated/α-hetero) is 4. The molecule has 2 saturated heterocycles. The summed E-state index contributed by atoms with van der Waals surface area (Å²) >= 11 is 0. The monoisotopic (exact) mass is 1190 g/mol. The molecule has 1 saturated carbocycles. The van der Waals surface area contributed by atoms with Crippen molar-refractivity contribution in [2.75, 3.05) is 60.7 Å². The number of fused-ring (bicyclic) bond motifs is 2. The second-order valence-corrected chi connectivity index (χ2v) is 25.0. The van der Waals surface area contributed by atoms with Crippen molar-refractivity contribution in [2.45, 2.75) is 187 Å². The van der Waals surface area contributed by atoms with E-state index in [1.165, 1.54) is 19.3 Å². The molecule has 1 aromatic rings. The number of hydrogen-bond acceptors (Lipinski definition) is 15. The number of nitrogens with one attached hydrogen (secondary N) is 3. The molecule has 13 atom stereocenters. The molecule has 3 heterocycles. The molecule has 0 radical (unpaired) electrons. The van der Waals surface area contributed by atoms with Crippen molar-refractivity contribution >= 4 is 58.7 Å². The Kier molecular flexibility index (Phi) is 28.0. The van der Waals surface area contributed by atoms with Gasteiger partial charge in [-0.2, -0.15) is 0 Å². The molecule has 6 N–H and O–H groups in total. The topological polar surface area (TPSA) is 290 Å². The summed E-state index contributed by atoms with van der Waals surface area (Å²) in [5.74, 6) is -4.72. The van der Waals surface area contributed by atoms with E-state index in [0.717, 1.165) is 36.1 Å². The number of nitrogens with two attached hydrogens (primary N) is 1. The summed E-state index contributed by atoms with van der Waals surface area (Å²) in [6.07, 6.45) is 7.02. The SMILES string of the molecule is CC[C@H](C)[C@@H]([C@@H](CC(=O)N1CCC[C@H]1[C@H](OC)[C@@H](C)C(=O)C[C@H](CO)Cc1cccc(CC(=O)[C@H](CCCNC(N)=O)NC(=O)[C@@H](CC(=O)CCOCCN2C(=O)C=CC2=O)C(C)C)c1)OC)N(C)C(=O)[C@@H](CC(=O)[C@H]1N[C@H]2CC[C@H]1C2)C(C)C. The van der Waals surface area contributed by atoms with Crippen molar-refractivity contribution in [1.82, 2.24) is 30.7 Å². The molecule has 2 bridgehead atoms. The molecule has 4 aliphatic rings. The second kappa shape index (κ2) is 34.0. The lowest BCUT2D eigenvalue weighted by atomic mass is 9.83. The third kappa shape index (κ3) is 19.9. The van der Waals surface area contributed by atoms with Crippen LogP contribution in [0.5, 0.6) is 0 Å². The molecule has 0 spiro atoms. The van der Waals surface area contributed by atoms with Gasteiger partial charge in [-0.25, -0.2) is 4.79 Å². The summed E-state index contributed by atoms with van der Waals surface area (Å²) in [7, 11) is 4.87. The Balaban J connectivity index is 1.18. The van der Waals surface area contributed by atoms with Crippen molar-refractivity contribution in [3.05, 3.63) is 47.5 Å². The zero-order valence-electron chi connectivity index (χ0n) is 52.1. The average Bonchev–Trinajstić information content (AvgIpc) is 3.19. The first kappa shape index (κ1) is 70.0. The van der Waals surface area contributed by atoms with E-state index >= 15 is 0 Å². The van der Waals surface area contributed by atoms with Gasteiger partial charge in [-0.05, 0) is 92.1 Å². The Morgan fingerprint density at radius 3 is 2.15 bits per heavy atom. The Hall–Kier alpha value is -5.74. The van der Waals surface area contributed by atoms with Gasteiger partial charge in [0.15, 0.2) is 11.6 Å². The number of rotatable bonds is 39. The van der Waals surface area contributed by atoms with Gasteiger partial charge in [0, 0.05) is 109 Å². The molecule has 474 valence electrons. The molecule has 3 aliphatic heterocycles. The number of nitrogens with zero attached hydrogens (tertiary/aromatic N) is 3. The standard InChI is InChI=1S/C64H99N7O14/c1-11-40(6)60(69(8)63(81)49(39(4)5)35-54(76)59-45-19-20-46(33-45)67-59)55(83-9)36-58(79)70-25-14-18-51(70)61(84-10)41(7)52(74)32-44(37-72)30-42-15-12-16-43(29-42)31-53(75)50(17-13-24-66-64(65)82)68-62(80)48(38(2)3)34-47(73)23-27-85-28-26-71-56(77)21-22-57(71)78/h12,15-16,21-22,29,38-41,44-46,48-51,55,59-61,67,72H,11,13-14,17-20,23-28,30-37H2,1-10H3,(H,68,80)(H3,65,66,82)/t40-,41-,44+,45-,46-,48-,49-,50-,51-,55+,59-,60-,61+/m0/s1. The van der Waals surface area contributed by atoms with Gasteiger partial charge in [0.25, 0.3) is 11.8 Å². The van der Waals surface area contributed by atoms with Gasteiger partial charge in [0.05, 0.1) is 62.6 Å². The molecule has 85 heavy (non-hydrogen) atoms. The third-order valence-corrected chi connectivity index (χ3v) is 18.4. The summed E-state index contributed by atoms with van der Waals surface area (Å²) in [6.45, 7) is 13.9. The molecule has 3 fully saturated rings. The van der Waals surface area contributed by atoms with E-state index in [-0.39, 0.29) is 137 Å². The van der Waals surface area contributed by atoms with Gasteiger partial charge >= 0.3 is 6.03 Å². The van der Waals surface area contributed by atoms with E-state index < -0.39 is 77.8 Å². The highest BCUT2D eigenvalue weighted by Gasteiger charge is 2.46. The van der Waals surface area contributed by atoms with E-state index in [9.17, 15) is 53.1 Å². The van der Waals surface area contributed by atoms with Crippen LogP contribution in [0.25, 0.3) is 0 Å². The van der Waals surface area contributed by atoms with Crippen LogP contribution < -0.4 is 21.7 Å². The van der Waals surface area contributed by atoms with Crippen molar-refractivity contribution in [3.8, 4) is 0 Å². The number of hydrogen-bond donors (Lipinski definition) is 5. The number of amides is 7. The number of urea groups is 1. The van der Waals surface area contributed by atoms with Crippen molar-refractivity contribution in [3.63, 3.8) is 0 Å². The molecule has 5 rings (SSSR count). The fraction of sp³-hybridized carbons (Fsp3) is 0.719. The van der Waals surface area contributed by atoms with Gasteiger partial charge in [-0.1, -0.05) is 79.2 Å². The minimum absolute atomic E-state index is 0.000407. The lowest BCUT2D eigenvalue weighted by molar-refractivity contribution is -0.149. The van der Waals surface area contributed by atoms with Gasteiger partial charge < -0.3 is 50.8 Å². The summed E-state index contributed by atoms with van der Waals surface area (Å²) in [5, 5.41) is 19.6. The molecule has 21 nitrogen and oxygen atoms in total. The summed E-state index contributed by atoms with van der Waals surface area (Å²) < 4.78 is 17.7. The number of primary amides is 1. The van der Waals surface area contributed by atoms with Crippen LogP contribution >= 0.6 is 0 Å². The number of ether oxygens (including phenoxy) is 3. The van der Waals surface area contributed by atoms with E-state index in [2.05, 4.69) is 22.9 Å². The first-order valence-corrected chi connectivity index (χ1v) is 31.0. The second-order valence-electron chi connectivity index (χ2n) is 25.0. The minimum atomic E-state index is -0.971. The number of piperidine rings is 1. The highest BCUT2D eigenvalue weighted by molar-refractivity contribution is 6.12. The average molecular weight is 1190 g/mol. The molecule has 1 aliphatic carbocycles. The summed E-state index contributed by atoms with van der Waals surface area (Å²) in [6, 6.07) is 4.87. The molecule has 21 heteroatoms. The van der Waals surface area contributed by atoms with E-state index in [4.69, 9.17) is 19.9 Å². The first-order valence-electron chi connectivity index (χ1n) is 31.0. The van der Waals surface area contributed by atoms with Crippen LogP contribution in [0.3, 0.4) is 0 Å². The fourth-order valence-corrected chi connectivity index (χ4v) is 13.2. The zero-order valence-corrected chi connectivity index (χ0v) is 52.1. The summed E-state index contributed by atoms with van der Waals surface area (Å²) in [4.78, 5) is 138. The number of imide groups is 1. The van der Waals surface area contributed by atoms with Crippen molar-refractivity contribution < 1.29 is 67.3 Å². The van der Waals surface area contributed by atoms with Crippen LogP contribution in [0.15, 0.2) is 36.4 Å². The Labute approximate surface area is 503 Å². The van der Waals surface area contributed by atoms with Crippen molar-refractivity contribution in [2.24, 2.45) is 53.1 Å². The third-order valence-electron chi connectivity index (χ3n) is 18.4. The predicted octanol–water partition coefficient (Wildman–Crippen LogP) is 4.70. The number of aliphatic hydroxyl groups excluding tert-OH is 1. The zero-order chi connectivity index (χ0) is 62.7. The number of ketones is 4. The molecular formula is C64H99N7O14. The van der Waals surface area contributed by atoms with E-state index in [1.54, 1.807) is 43.0 Å². The Bertz CT molecular complexity index is 2490. The van der Waals surface area contributed by atoms with Gasteiger partial charge in [-0.3, -0.25) is 48.1 Å². The Morgan fingerprint density at radius 2 is 1.55 bits per heavy atom. The lowest BCUT2D eigenvalue weighted by Gasteiger charge is -2.41. The van der Waals surface area contributed by atoms with Crippen LogP contribution in [-0.4, -0.2) is 182 Å². The van der Waals surface area contributed by atoms with E-state index in [0.29, 0.717) is 49.8 Å². The number of aliphatic hydroxyl groups is 1. The maximum atomic E-state index is 14.5. The Morgan fingerprint density at radius 1 is 0.859 bits per heavy atom. The van der Waals surface area contributed by atoms with Crippen molar-refractivity contribution in [1.29, 1.82) is 0 Å². The van der Waals surface area contributed by atoms with Gasteiger partial charge in [0.1, 0.15) is 11.6 Å². The van der Waals surface area contributed by atoms with Gasteiger partial charge in [0.2, 0.25) is 17.7 Å². The van der Waals surface area contributed by atoms with Crippen LogP contribution in [0.4, 0.5) is 4.79 Å². The first-order chi connectivity index (χ1) is 40.4. The molecule has 1 aromatic carbocycles. The number of likely N-dealkylation sites (tertiary alicyclic amines) is 1. The number of likely N-dealkylation sites (N-methyl/N-ethyl adjacent to an activating group) is 1. The molecular weight excluding hydrogens is 1090 g/mol. The van der Waals surface area contributed by atoms with Crippen LogP contribution in [0.1, 0.15) is 143 Å². The maximum absolute atomic E-state index is 14.5. The normalized spacial score (nSPS) is 21.6. The molecule has 0 aromatic heterocycles. The highest BCUT2D eigenvalue weighted by atomic mass is 16.5. The predicted molar refractivity (Wildman–Crippen MR) is 319 cm³/mol. The smallest absolute Gasteiger partial charge is 0.312 e. The number of carbonyl (C=O) groups excluding carboxylic acids is 10. The van der Waals surface area contributed by atoms with Crippen LogP contribution in [0, 0.1) is 47.3 Å². The largest absolute Gasteiger partial charge is 0.396 e. The lowest BCUT2D eigenvalue weighted by Crippen LogP contribution is -2.54. The highest BCUT2D eigenvalue weighted by Crippen LogP contribution is 2.38. The quantitative estimate of drug-likeness (QED) is 0.0441. The maximum Gasteiger partial charge on any atom is 0.312 e. The summed E-state index contributed by atoms with van der Waals surface area (Å²) in [5.41, 5.74) is 6.70. The number of benzene rings is 1. The van der Waals surface area contributed by atoms with Gasteiger partial charge in [-0.15, -0.1) is 0 Å². The molecule has 7 amide bonds. The number of methoxy groups -OCH3 is 2. The van der Waals surface area contributed by atoms with E-state index in [1.807, 2.05) is 46.8 Å². The number of carbonyl (C=O) groups is 10. The van der Waals surface area contributed by atoms with Crippen LogP contribution in [-0.2, 0) is 70.2 Å². The fourth-order valence-electron chi connectivity index (χ4n) is 13.2. The minimum Gasteiger partial charge on any atom is -0.396 e. The molecule has 0 unspecified atom stereocenters. The van der Waals surface area contributed by atoms with Crippen LogP contribution in [0.2, 0.25) is 0 Å².